The van der Waals surface area contributed by atoms with Gasteiger partial charge in [0.2, 0.25) is 15.9 Å². The van der Waals surface area contributed by atoms with Gasteiger partial charge in [-0.25, -0.2) is 13.1 Å². The van der Waals surface area contributed by atoms with Crippen LogP contribution in [0.4, 0.5) is 0 Å². The Balaban J connectivity index is 1.46. The second kappa shape index (κ2) is 10.4. The molecule has 0 spiro atoms. The topological polar surface area (TPSA) is 84.5 Å². The van der Waals surface area contributed by atoms with Crippen LogP contribution in [-0.2, 0) is 21.4 Å². The molecule has 3 aromatic rings. The van der Waals surface area contributed by atoms with Gasteiger partial charge in [-0.15, -0.1) is 0 Å². The fourth-order valence-electron chi connectivity index (χ4n) is 3.23. The second-order valence-corrected chi connectivity index (χ2v) is 9.34. The summed E-state index contributed by atoms with van der Waals surface area (Å²) in [5, 5.41) is 5.01. The summed E-state index contributed by atoms with van der Waals surface area (Å²) in [5.41, 5.74) is 0.729. The Bertz CT molecular complexity index is 1140. The van der Waals surface area contributed by atoms with Crippen LogP contribution in [0.3, 0.4) is 0 Å². The van der Waals surface area contributed by atoms with E-state index in [1.54, 1.807) is 38.1 Å². The zero-order chi connectivity index (χ0) is 22.3. The molecule has 0 heterocycles. The summed E-state index contributed by atoms with van der Waals surface area (Å²) in [6, 6.07) is 20.3. The quantitative estimate of drug-likeness (QED) is 0.467. The molecule has 0 saturated heterocycles. The lowest BCUT2D eigenvalue weighted by Gasteiger charge is -2.11. The number of ether oxygens (including phenoxy) is 1. The lowest BCUT2D eigenvalue weighted by molar-refractivity contribution is -0.121. The van der Waals surface area contributed by atoms with Crippen LogP contribution >= 0.6 is 0 Å². The molecule has 0 radical (unpaired) electrons. The van der Waals surface area contributed by atoms with Crippen LogP contribution in [0, 0.1) is 0 Å². The molecule has 0 fully saturated rings. The highest BCUT2D eigenvalue weighted by Crippen LogP contribution is 2.25. The van der Waals surface area contributed by atoms with Gasteiger partial charge in [0.1, 0.15) is 5.75 Å². The molecule has 164 valence electrons. The first-order chi connectivity index (χ1) is 14.8. The Labute approximate surface area is 183 Å². The Morgan fingerprint density at radius 3 is 2.55 bits per heavy atom. The number of sulfonamides is 1. The molecular weight excluding hydrogens is 412 g/mol. The van der Waals surface area contributed by atoms with Gasteiger partial charge in [0.15, 0.2) is 0 Å². The fourth-order valence-corrected chi connectivity index (χ4v) is 4.55. The van der Waals surface area contributed by atoms with Gasteiger partial charge in [-0.1, -0.05) is 48.5 Å². The Hall–Kier alpha value is -2.90. The Morgan fingerprint density at radius 1 is 1.00 bits per heavy atom. The molecule has 0 saturated carbocycles. The fraction of sp³-hybridized carbons (Fsp3) is 0.292. The van der Waals surface area contributed by atoms with Crippen molar-refractivity contribution in [3.63, 3.8) is 0 Å². The van der Waals surface area contributed by atoms with Gasteiger partial charge >= 0.3 is 0 Å². The SMILES string of the molecule is CC(C)NS(=O)(=O)c1cccc(CNC(=O)CCCOc2cccc3ccccc23)c1. The number of fused-ring (bicyclic) bond motifs is 1. The summed E-state index contributed by atoms with van der Waals surface area (Å²) in [6.45, 7) is 4.25. The summed E-state index contributed by atoms with van der Waals surface area (Å²) in [4.78, 5) is 12.4. The highest BCUT2D eigenvalue weighted by atomic mass is 32.2. The highest BCUT2D eigenvalue weighted by Gasteiger charge is 2.15. The minimum absolute atomic E-state index is 0.102. The lowest BCUT2D eigenvalue weighted by Crippen LogP contribution is -2.30. The number of carbonyl (C=O) groups is 1. The number of nitrogens with one attached hydrogen (secondary N) is 2. The number of hydrogen-bond acceptors (Lipinski definition) is 4. The van der Waals surface area contributed by atoms with Crippen LogP contribution in [0.15, 0.2) is 71.6 Å². The monoisotopic (exact) mass is 440 g/mol. The molecule has 0 unspecified atom stereocenters. The van der Waals surface area contributed by atoms with Gasteiger partial charge in [-0.05, 0) is 49.4 Å². The van der Waals surface area contributed by atoms with Gasteiger partial charge < -0.3 is 10.1 Å². The predicted molar refractivity (Wildman–Crippen MR) is 122 cm³/mol. The third-order valence-electron chi connectivity index (χ3n) is 4.64. The van der Waals surface area contributed by atoms with Crippen LogP contribution < -0.4 is 14.8 Å². The Morgan fingerprint density at radius 2 is 1.74 bits per heavy atom. The predicted octanol–water partition coefficient (Wildman–Crippen LogP) is 4.00. The van der Waals surface area contributed by atoms with Crippen molar-refractivity contribution in [2.75, 3.05) is 6.61 Å². The van der Waals surface area contributed by atoms with Crippen LogP contribution in [0.25, 0.3) is 10.8 Å². The van der Waals surface area contributed by atoms with E-state index in [9.17, 15) is 13.2 Å². The first-order valence-electron chi connectivity index (χ1n) is 10.3. The molecule has 0 bridgehead atoms. The molecule has 0 aliphatic heterocycles. The Kier molecular flexibility index (Phi) is 7.65. The van der Waals surface area contributed by atoms with E-state index >= 15 is 0 Å². The second-order valence-electron chi connectivity index (χ2n) is 7.63. The van der Waals surface area contributed by atoms with E-state index < -0.39 is 10.0 Å². The summed E-state index contributed by atoms with van der Waals surface area (Å²) in [7, 11) is -3.56. The summed E-state index contributed by atoms with van der Waals surface area (Å²) in [5.74, 6) is 0.710. The standard InChI is InChI=1S/C24H28N2O4S/c1-18(2)26-31(28,29)21-11-5-8-19(16-21)17-25-24(27)14-7-15-30-23-13-6-10-20-9-3-4-12-22(20)23/h3-6,8-13,16,18,26H,7,14-15,17H2,1-2H3,(H,25,27). The van der Waals surface area contributed by atoms with Crippen molar-refractivity contribution in [1.82, 2.24) is 10.0 Å². The maximum atomic E-state index is 12.3. The summed E-state index contributed by atoms with van der Waals surface area (Å²) >= 11 is 0. The van der Waals surface area contributed by atoms with Crippen molar-refractivity contribution < 1.29 is 17.9 Å². The maximum Gasteiger partial charge on any atom is 0.240 e. The number of benzene rings is 3. The molecule has 31 heavy (non-hydrogen) atoms. The normalized spacial score (nSPS) is 11.6. The van der Waals surface area contributed by atoms with Crippen molar-refractivity contribution in [2.45, 2.75) is 44.2 Å². The first-order valence-corrected chi connectivity index (χ1v) is 11.8. The van der Waals surface area contributed by atoms with Crippen molar-refractivity contribution in [1.29, 1.82) is 0 Å². The van der Waals surface area contributed by atoms with Crippen LogP contribution in [0.2, 0.25) is 0 Å². The molecule has 3 rings (SSSR count). The van der Waals surface area contributed by atoms with Gasteiger partial charge in [0, 0.05) is 24.4 Å². The number of amides is 1. The van der Waals surface area contributed by atoms with Gasteiger partial charge in [-0.3, -0.25) is 4.79 Å². The van der Waals surface area contributed by atoms with E-state index in [2.05, 4.69) is 10.0 Å². The van der Waals surface area contributed by atoms with Crippen molar-refractivity contribution in [3.05, 3.63) is 72.3 Å². The van der Waals surface area contributed by atoms with Crippen molar-refractivity contribution in [3.8, 4) is 5.75 Å². The van der Waals surface area contributed by atoms with E-state index in [0.29, 0.717) is 19.4 Å². The van der Waals surface area contributed by atoms with Crippen molar-refractivity contribution >= 4 is 26.7 Å². The zero-order valence-corrected chi connectivity index (χ0v) is 18.6. The van der Waals surface area contributed by atoms with E-state index in [4.69, 9.17) is 4.74 Å². The van der Waals surface area contributed by atoms with Crippen molar-refractivity contribution in [2.24, 2.45) is 0 Å². The molecule has 0 aliphatic carbocycles. The first kappa shape index (κ1) is 22.8. The van der Waals surface area contributed by atoms with Crippen LogP contribution in [-0.4, -0.2) is 27.0 Å². The van der Waals surface area contributed by atoms with Crippen LogP contribution in [0.1, 0.15) is 32.3 Å². The minimum atomic E-state index is -3.56. The van der Waals surface area contributed by atoms with Crippen LogP contribution in [0.5, 0.6) is 5.75 Å². The molecule has 0 atom stereocenters. The van der Waals surface area contributed by atoms with E-state index in [0.717, 1.165) is 22.1 Å². The van der Waals surface area contributed by atoms with E-state index in [1.807, 2.05) is 42.5 Å². The molecule has 6 nitrogen and oxygen atoms in total. The van der Waals surface area contributed by atoms with Gasteiger partial charge in [-0.2, -0.15) is 0 Å². The average molecular weight is 441 g/mol. The maximum absolute atomic E-state index is 12.3. The molecule has 7 heteroatoms. The third-order valence-corrected chi connectivity index (χ3v) is 6.30. The summed E-state index contributed by atoms with van der Waals surface area (Å²) < 4.78 is 33.0. The van der Waals surface area contributed by atoms with E-state index in [1.165, 1.54) is 0 Å². The smallest absolute Gasteiger partial charge is 0.240 e. The van der Waals surface area contributed by atoms with Gasteiger partial charge in [0.05, 0.1) is 11.5 Å². The van der Waals surface area contributed by atoms with Gasteiger partial charge in [0.25, 0.3) is 0 Å². The third kappa shape index (κ3) is 6.54. The largest absolute Gasteiger partial charge is 0.493 e. The zero-order valence-electron chi connectivity index (χ0n) is 17.8. The number of hydrogen-bond donors (Lipinski definition) is 2. The molecular formula is C24H28N2O4S. The highest BCUT2D eigenvalue weighted by molar-refractivity contribution is 7.89. The lowest BCUT2D eigenvalue weighted by atomic mass is 10.1. The number of rotatable bonds is 10. The molecule has 0 aliphatic rings. The summed E-state index contributed by atoms with van der Waals surface area (Å²) in [6.07, 6.45) is 0.916. The average Bonchev–Trinajstić information content (AvgIpc) is 2.75. The molecule has 0 aromatic heterocycles. The minimum Gasteiger partial charge on any atom is -0.493 e. The molecule has 3 aromatic carbocycles. The number of carbonyl (C=O) groups excluding carboxylic acids is 1. The molecule has 2 N–H and O–H groups in total. The molecule has 1 amide bonds. The van der Waals surface area contributed by atoms with E-state index in [-0.39, 0.29) is 23.4 Å².